The number of hydrogen-bond acceptors (Lipinski definition) is 5. The predicted molar refractivity (Wildman–Crippen MR) is 87.4 cm³/mol. The SMILES string of the molecule is Oc1ccc([C@@H]2CNC[C@H]2Cc2c(O)ccc(Cl)c2O)cc1O. The van der Waals surface area contributed by atoms with E-state index < -0.39 is 0 Å². The number of rotatable bonds is 3. The van der Waals surface area contributed by atoms with Gasteiger partial charge in [0, 0.05) is 18.0 Å². The Morgan fingerprint density at radius 2 is 1.70 bits per heavy atom. The molecule has 2 aromatic rings. The van der Waals surface area contributed by atoms with Crippen molar-refractivity contribution < 1.29 is 20.4 Å². The van der Waals surface area contributed by atoms with Gasteiger partial charge in [-0.2, -0.15) is 0 Å². The van der Waals surface area contributed by atoms with E-state index in [-0.39, 0.29) is 39.9 Å². The highest BCUT2D eigenvalue weighted by Crippen LogP contribution is 2.40. The first kappa shape index (κ1) is 15.8. The zero-order valence-corrected chi connectivity index (χ0v) is 13.1. The maximum absolute atomic E-state index is 10.1. The third kappa shape index (κ3) is 3.02. The van der Waals surface area contributed by atoms with Gasteiger partial charge < -0.3 is 25.7 Å². The largest absolute Gasteiger partial charge is 0.508 e. The molecular weight excluding hydrogens is 318 g/mol. The third-order valence-electron chi connectivity index (χ3n) is 4.44. The highest BCUT2D eigenvalue weighted by Gasteiger charge is 2.30. The lowest BCUT2D eigenvalue weighted by Gasteiger charge is -2.20. The summed E-state index contributed by atoms with van der Waals surface area (Å²) in [5.74, 6) is -0.159. The number of halogens is 1. The molecule has 1 aliphatic heterocycles. The molecule has 0 radical (unpaired) electrons. The molecule has 122 valence electrons. The van der Waals surface area contributed by atoms with Crippen LogP contribution in [-0.2, 0) is 6.42 Å². The Morgan fingerprint density at radius 1 is 0.957 bits per heavy atom. The van der Waals surface area contributed by atoms with Gasteiger partial charge in [0.1, 0.15) is 11.5 Å². The maximum atomic E-state index is 10.1. The minimum absolute atomic E-state index is 0.0195. The van der Waals surface area contributed by atoms with Gasteiger partial charge in [-0.3, -0.25) is 0 Å². The molecule has 2 aromatic carbocycles. The summed E-state index contributed by atoms with van der Waals surface area (Å²) < 4.78 is 0. The highest BCUT2D eigenvalue weighted by atomic mass is 35.5. The Bertz CT molecular complexity index is 735. The van der Waals surface area contributed by atoms with Crippen LogP contribution in [0.3, 0.4) is 0 Å². The Hall–Kier alpha value is -2.11. The molecule has 1 heterocycles. The summed E-state index contributed by atoms with van der Waals surface area (Å²) in [6, 6.07) is 7.72. The summed E-state index contributed by atoms with van der Waals surface area (Å²) in [6.45, 7) is 1.44. The molecule has 0 saturated carbocycles. The Labute approximate surface area is 138 Å². The van der Waals surface area contributed by atoms with Gasteiger partial charge in [-0.25, -0.2) is 0 Å². The van der Waals surface area contributed by atoms with E-state index in [1.807, 2.05) is 0 Å². The third-order valence-corrected chi connectivity index (χ3v) is 4.75. The molecule has 5 N–H and O–H groups in total. The van der Waals surface area contributed by atoms with Crippen LogP contribution in [0.1, 0.15) is 17.0 Å². The van der Waals surface area contributed by atoms with E-state index in [1.165, 1.54) is 18.2 Å². The monoisotopic (exact) mass is 335 g/mol. The minimum Gasteiger partial charge on any atom is -0.508 e. The molecule has 23 heavy (non-hydrogen) atoms. The van der Waals surface area contributed by atoms with Crippen LogP contribution in [0.4, 0.5) is 0 Å². The number of hydrogen-bond donors (Lipinski definition) is 5. The molecule has 0 unspecified atom stereocenters. The zero-order chi connectivity index (χ0) is 16.6. The average Bonchev–Trinajstić information content (AvgIpc) is 2.98. The normalized spacial score (nSPS) is 20.7. The van der Waals surface area contributed by atoms with Crippen LogP contribution >= 0.6 is 11.6 Å². The molecule has 1 aliphatic rings. The first-order valence-electron chi connectivity index (χ1n) is 7.39. The van der Waals surface area contributed by atoms with Crippen LogP contribution < -0.4 is 5.32 Å². The van der Waals surface area contributed by atoms with Gasteiger partial charge in [-0.15, -0.1) is 0 Å². The van der Waals surface area contributed by atoms with Gasteiger partial charge >= 0.3 is 0 Å². The van der Waals surface area contributed by atoms with Crippen molar-refractivity contribution >= 4 is 11.6 Å². The van der Waals surface area contributed by atoms with Gasteiger partial charge in [0.05, 0.1) is 5.02 Å². The molecule has 0 bridgehead atoms. The molecule has 6 heteroatoms. The van der Waals surface area contributed by atoms with Gasteiger partial charge in [-0.05, 0) is 48.7 Å². The minimum atomic E-state index is -0.151. The van der Waals surface area contributed by atoms with Crippen molar-refractivity contribution in [1.82, 2.24) is 5.32 Å². The second-order valence-corrected chi connectivity index (χ2v) is 6.28. The lowest BCUT2D eigenvalue weighted by Crippen LogP contribution is -2.14. The van der Waals surface area contributed by atoms with E-state index in [0.717, 1.165) is 18.7 Å². The second kappa shape index (κ2) is 6.18. The van der Waals surface area contributed by atoms with Crippen molar-refractivity contribution in [1.29, 1.82) is 0 Å². The number of phenolic OH excluding ortho intramolecular Hbond substituents is 4. The Balaban J connectivity index is 1.88. The van der Waals surface area contributed by atoms with Crippen LogP contribution in [0.15, 0.2) is 30.3 Å². The van der Waals surface area contributed by atoms with E-state index in [1.54, 1.807) is 12.1 Å². The summed E-state index contributed by atoms with van der Waals surface area (Å²) in [5, 5.41) is 42.7. The van der Waals surface area contributed by atoms with Gasteiger partial charge in [-0.1, -0.05) is 17.7 Å². The van der Waals surface area contributed by atoms with E-state index >= 15 is 0 Å². The lowest BCUT2D eigenvalue weighted by molar-refractivity contribution is 0.400. The number of phenols is 4. The fourth-order valence-electron chi connectivity index (χ4n) is 3.17. The van der Waals surface area contributed by atoms with Crippen molar-refractivity contribution in [2.24, 2.45) is 5.92 Å². The summed E-state index contributed by atoms with van der Waals surface area (Å²) in [7, 11) is 0. The maximum Gasteiger partial charge on any atom is 0.157 e. The average molecular weight is 336 g/mol. The molecule has 0 spiro atoms. The molecule has 5 nitrogen and oxygen atoms in total. The predicted octanol–water partition coefficient (Wildman–Crippen LogP) is 2.71. The highest BCUT2D eigenvalue weighted by molar-refractivity contribution is 6.32. The summed E-state index contributed by atoms with van der Waals surface area (Å²) in [4.78, 5) is 0. The van der Waals surface area contributed by atoms with Gasteiger partial charge in [0.15, 0.2) is 11.5 Å². The fourth-order valence-corrected chi connectivity index (χ4v) is 3.35. The van der Waals surface area contributed by atoms with Gasteiger partial charge in [0.2, 0.25) is 0 Å². The molecule has 0 aromatic heterocycles. The summed E-state index contributed by atoms with van der Waals surface area (Å²) >= 11 is 5.93. The number of aromatic hydroxyl groups is 4. The van der Waals surface area contributed by atoms with Crippen LogP contribution in [0.5, 0.6) is 23.0 Å². The zero-order valence-electron chi connectivity index (χ0n) is 12.3. The first-order valence-corrected chi connectivity index (χ1v) is 7.77. The second-order valence-electron chi connectivity index (χ2n) is 5.87. The number of nitrogens with one attached hydrogen (secondary N) is 1. The van der Waals surface area contributed by atoms with Crippen LogP contribution in [0, 0.1) is 5.92 Å². The fraction of sp³-hybridized carbons (Fsp3) is 0.294. The smallest absolute Gasteiger partial charge is 0.157 e. The summed E-state index contributed by atoms with van der Waals surface area (Å²) in [6.07, 6.45) is 0.456. The summed E-state index contributed by atoms with van der Waals surface area (Å²) in [5.41, 5.74) is 1.33. The molecule has 1 saturated heterocycles. The standard InChI is InChI=1S/C17H18ClNO4/c18-13-2-4-14(20)11(17(13)23)5-10-7-19-8-12(10)9-1-3-15(21)16(22)6-9/h1-4,6,10,12,19-23H,5,7-8H2/t10-,12+/m1/s1. The molecule has 3 rings (SSSR count). The molecule has 0 aliphatic carbocycles. The van der Waals surface area contributed by atoms with E-state index in [4.69, 9.17) is 11.6 Å². The van der Waals surface area contributed by atoms with Crippen molar-refractivity contribution in [3.05, 3.63) is 46.5 Å². The topological polar surface area (TPSA) is 93.0 Å². The van der Waals surface area contributed by atoms with Crippen molar-refractivity contribution in [3.63, 3.8) is 0 Å². The number of benzene rings is 2. The molecule has 0 amide bonds. The van der Waals surface area contributed by atoms with Crippen LogP contribution in [0.25, 0.3) is 0 Å². The Morgan fingerprint density at radius 3 is 2.43 bits per heavy atom. The van der Waals surface area contributed by atoms with Crippen LogP contribution in [-0.4, -0.2) is 33.5 Å². The van der Waals surface area contributed by atoms with Crippen LogP contribution in [0.2, 0.25) is 5.02 Å². The van der Waals surface area contributed by atoms with Crippen molar-refractivity contribution in [2.75, 3.05) is 13.1 Å². The molecule has 1 fully saturated rings. The first-order chi connectivity index (χ1) is 11.0. The van der Waals surface area contributed by atoms with Gasteiger partial charge in [0.25, 0.3) is 0 Å². The molecule has 2 atom stereocenters. The lowest BCUT2D eigenvalue weighted by atomic mass is 9.84. The van der Waals surface area contributed by atoms with E-state index in [2.05, 4.69) is 5.32 Å². The molecular formula is C17H18ClNO4. The Kier molecular flexibility index (Phi) is 4.24. The van der Waals surface area contributed by atoms with Crippen molar-refractivity contribution in [2.45, 2.75) is 12.3 Å². The van der Waals surface area contributed by atoms with E-state index in [9.17, 15) is 20.4 Å². The van der Waals surface area contributed by atoms with E-state index in [0.29, 0.717) is 12.0 Å². The van der Waals surface area contributed by atoms with Crippen molar-refractivity contribution in [3.8, 4) is 23.0 Å². The quantitative estimate of drug-likeness (QED) is 0.556.